The number of likely N-dealkylation sites (tertiary alicyclic amines) is 1. The molecule has 6 heteroatoms. The number of allylic oxidation sites excluding steroid dienone is 2. The molecule has 1 amide bonds. The number of nitrogens with zero attached hydrogens (tertiary/aromatic N) is 3. The Labute approximate surface area is 171 Å². The van der Waals surface area contributed by atoms with Gasteiger partial charge in [0.15, 0.2) is 0 Å². The number of benzene rings is 1. The molecule has 0 saturated carbocycles. The van der Waals surface area contributed by atoms with Gasteiger partial charge in [-0.3, -0.25) is 14.4 Å². The minimum absolute atomic E-state index is 0.190. The van der Waals surface area contributed by atoms with Crippen LogP contribution in [0, 0.1) is 11.7 Å². The summed E-state index contributed by atoms with van der Waals surface area (Å²) in [6, 6.07) is 8.81. The first-order valence-electron chi connectivity index (χ1n) is 10.5. The molecule has 2 heterocycles. The summed E-state index contributed by atoms with van der Waals surface area (Å²) < 4.78 is 15.1. The van der Waals surface area contributed by atoms with Gasteiger partial charge in [0.2, 0.25) is 5.91 Å². The third kappa shape index (κ3) is 5.12. The van der Waals surface area contributed by atoms with E-state index in [1.807, 2.05) is 11.7 Å². The first kappa shape index (κ1) is 19.8. The van der Waals surface area contributed by atoms with Gasteiger partial charge in [0.25, 0.3) is 0 Å². The molecular weight excluding hydrogens is 367 g/mol. The number of aryl methyl sites for hydroxylation is 1. The molecule has 0 spiro atoms. The number of carbonyl (C=O) groups is 1. The second-order valence-corrected chi connectivity index (χ2v) is 8.24. The van der Waals surface area contributed by atoms with Gasteiger partial charge in [-0.1, -0.05) is 12.2 Å². The van der Waals surface area contributed by atoms with E-state index in [1.165, 1.54) is 12.1 Å². The number of aromatic nitrogens is 2. The number of carbonyl (C=O) groups excluding carboxylic acids is 1. The summed E-state index contributed by atoms with van der Waals surface area (Å²) in [5.74, 6) is 0.380. The second-order valence-electron chi connectivity index (χ2n) is 8.24. The Bertz CT molecular complexity index is 866. The predicted octanol–water partition coefficient (Wildman–Crippen LogP) is 3.66. The normalized spacial score (nSPS) is 20.3. The number of hydrogen-bond acceptors (Lipinski definition) is 3. The van der Waals surface area contributed by atoms with Gasteiger partial charge in [0, 0.05) is 44.7 Å². The monoisotopic (exact) mass is 396 g/mol. The van der Waals surface area contributed by atoms with E-state index in [1.54, 1.807) is 12.1 Å². The van der Waals surface area contributed by atoms with Crippen molar-refractivity contribution in [1.82, 2.24) is 20.0 Å². The van der Waals surface area contributed by atoms with Crippen molar-refractivity contribution < 1.29 is 9.18 Å². The molecule has 0 bridgehead atoms. The van der Waals surface area contributed by atoms with Crippen LogP contribution in [0.5, 0.6) is 0 Å². The lowest BCUT2D eigenvalue weighted by Gasteiger charge is -2.32. The second kappa shape index (κ2) is 8.91. The number of halogens is 1. The molecule has 1 aliphatic carbocycles. The number of piperidine rings is 1. The molecule has 1 fully saturated rings. The molecule has 1 aromatic carbocycles. The third-order valence-electron chi connectivity index (χ3n) is 6.01. The molecule has 2 aliphatic rings. The lowest BCUT2D eigenvalue weighted by molar-refractivity contribution is -0.122. The summed E-state index contributed by atoms with van der Waals surface area (Å²) in [7, 11) is 1.95. The predicted molar refractivity (Wildman–Crippen MR) is 112 cm³/mol. The van der Waals surface area contributed by atoms with Gasteiger partial charge >= 0.3 is 0 Å². The average Bonchev–Trinajstić information content (AvgIpc) is 3.34. The summed E-state index contributed by atoms with van der Waals surface area (Å²) >= 11 is 0. The molecule has 0 radical (unpaired) electrons. The van der Waals surface area contributed by atoms with Gasteiger partial charge in [-0.25, -0.2) is 4.39 Å². The first-order valence-corrected chi connectivity index (χ1v) is 10.5. The van der Waals surface area contributed by atoms with Crippen LogP contribution < -0.4 is 5.32 Å². The van der Waals surface area contributed by atoms with Crippen LogP contribution in [-0.2, 0) is 18.4 Å². The SMILES string of the molecule is Cn1nc(-c2ccc(F)cc2)cc1CN1CCC(NC(=O)C[C@H]2C=CCC2)CC1. The molecule has 0 unspecified atom stereocenters. The van der Waals surface area contributed by atoms with Crippen LogP contribution >= 0.6 is 0 Å². The quantitative estimate of drug-likeness (QED) is 0.758. The highest BCUT2D eigenvalue weighted by Crippen LogP contribution is 2.22. The molecule has 1 saturated heterocycles. The van der Waals surface area contributed by atoms with Crippen LogP contribution in [-0.4, -0.2) is 39.7 Å². The van der Waals surface area contributed by atoms with Crippen LogP contribution in [0.1, 0.15) is 37.8 Å². The molecule has 4 rings (SSSR count). The number of nitrogens with one attached hydrogen (secondary N) is 1. The first-order chi connectivity index (χ1) is 14.1. The Balaban J connectivity index is 1.27. The van der Waals surface area contributed by atoms with Gasteiger partial charge in [-0.2, -0.15) is 5.10 Å². The van der Waals surface area contributed by atoms with Crippen molar-refractivity contribution >= 4 is 5.91 Å². The largest absolute Gasteiger partial charge is 0.353 e. The molecule has 1 aliphatic heterocycles. The highest BCUT2D eigenvalue weighted by atomic mass is 19.1. The van der Waals surface area contributed by atoms with Crippen molar-refractivity contribution in [2.24, 2.45) is 13.0 Å². The highest BCUT2D eigenvalue weighted by molar-refractivity contribution is 5.76. The van der Waals surface area contributed by atoms with Crippen molar-refractivity contribution in [2.45, 2.75) is 44.7 Å². The van der Waals surface area contributed by atoms with E-state index in [4.69, 9.17) is 0 Å². The molecular formula is C23H29FN4O. The molecule has 154 valence electrons. The van der Waals surface area contributed by atoms with Crippen molar-refractivity contribution in [3.8, 4) is 11.3 Å². The van der Waals surface area contributed by atoms with Crippen LogP contribution in [0.3, 0.4) is 0 Å². The fourth-order valence-corrected chi connectivity index (χ4v) is 4.27. The van der Waals surface area contributed by atoms with Crippen molar-refractivity contribution in [1.29, 1.82) is 0 Å². The number of hydrogen-bond donors (Lipinski definition) is 1. The molecule has 1 atom stereocenters. The van der Waals surface area contributed by atoms with E-state index in [0.717, 1.165) is 62.3 Å². The third-order valence-corrected chi connectivity index (χ3v) is 6.01. The minimum Gasteiger partial charge on any atom is -0.353 e. The summed E-state index contributed by atoms with van der Waals surface area (Å²) in [6.07, 6.45) is 9.15. The average molecular weight is 397 g/mol. The fourth-order valence-electron chi connectivity index (χ4n) is 4.27. The smallest absolute Gasteiger partial charge is 0.220 e. The Morgan fingerprint density at radius 3 is 2.66 bits per heavy atom. The fraction of sp³-hybridized carbons (Fsp3) is 0.478. The molecule has 2 aromatic rings. The maximum atomic E-state index is 13.1. The van der Waals surface area contributed by atoms with Gasteiger partial charge in [-0.05, 0) is 61.9 Å². The summed E-state index contributed by atoms with van der Waals surface area (Å²) in [5.41, 5.74) is 2.93. The summed E-state index contributed by atoms with van der Waals surface area (Å²) in [6.45, 7) is 2.76. The molecule has 1 aromatic heterocycles. The lowest BCUT2D eigenvalue weighted by Crippen LogP contribution is -2.44. The number of rotatable bonds is 6. The van der Waals surface area contributed by atoms with Crippen molar-refractivity contribution in [2.75, 3.05) is 13.1 Å². The van der Waals surface area contributed by atoms with Crippen molar-refractivity contribution in [3.63, 3.8) is 0 Å². The van der Waals surface area contributed by atoms with Crippen LogP contribution in [0.25, 0.3) is 11.3 Å². The molecule has 29 heavy (non-hydrogen) atoms. The van der Waals surface area contributed by atoms with Crippen LogP contribution in [0.15, 0.2) is 42.5 Å². The Morgan fingerprint density at radius 2 is 1.97 bits per heavy atom. The standard InChI is InChI=1S/C23H29FN4O/c1-27-21(15-22(26-27)18-6-8-19(24)9-7-18)16-28-12-10-20(11-13-28)25-23(29)14-17-4-2-3-5-17/h2,4,6-9,15,17,20H,3,5,10-14,16H2,1H3,(H,25,29)/t17-/m0/s1. The maximum Gasteiger partial charge on any atom is 0.220 e. The molecule has 1 N–H and O–H groups in total. The van der Waals surface area contributed by atoms with E-state index in [-0.39, 0.29) is 17.8 Å². The van der Waals surface area contributed by atoms with Gasteiger partial charge < -0.3 is 5.32 Å². The minimum atomic E-state index is -0.237. The Kier molecular flexibility index (Phi) is 6.09. The Hall–Kier alpha value is -2.47. The van der Waals surface area contributed by atoms with Crippen LogP contribution in [0.2, 0.25) is 0 Å². The Morgan fingerprint density at radius 1 is 1.21 bits per heavy atom. The van der Waals surface area contributed by atoms with Gasteiger partial charge in [0.1, 0.15) is 5.82 Å². The van der Waals surface area contributed by atoms with E-state index in [0.29, 0.717) is 12.3 Å². The van der Waals surface area contributed by atoms with Crippen molar-refractivity contribution in [3.05, 3.63) is 54.0 Å². The van der Waals surface area contributed by atoms with E-state index in [9.17, 15) is 9.18 Å². The summed E-state index contributed by atoms with van der Waals surface area (Å²) in [4.78, 5) is 14.7. The topological polar surface area (TPSA) is 50.2 Å². The molecule has 5 nitrogen and oxygen atoms in total. The van der Waals surface area contributed by atoms with Gasteiger partial charge in [-0.15, -0.1) is 0 Å². The van der Waals surface area contributed by atoms with E-state index < -0.39 is 0 Å². The zero-order chi connectivity index (χ0) is 20.2. The number of amides is 1. The summed E-state index contributed by atoms with van der Waals surface area (Å²) in [5, 5.41) is 7.81. The zero-order valence-electron chi connectivity index (χ0n) is 17.0. The van der Waals surface area contributed by atoms with Crippen LogP contribution in [0.4, 0.5) is 4.39 Å². The lowest BCUT2D eigenvalue weighted by atomic mass is 10.0. The van der Waals surface area contributed by atoms with Gasteiger partial charge in [0.05, 0.1) is 11.4 Å². The highest BCUT2D eigenvalue weighted by Gasteiger charge is 2.23. The zero-order valence-corrected chi connectivity index (χ0v) is 17.0. The van der Waals surface area contributed by atoms with E-state index in [2.05, 4.69) is 33.5 Å². The maximum absolute atomic E-state index is 13.1. The van der Waals surface area contributed by atoms with E-state index >= 15 is 0 Å².